The highest BCUT2D eigenvalue weighted by Crippen LogP contribution is 2.27. The second-order valence-electron chi connectivity index (χ2n) is 3.56. The number of hydrogen-bond acceptors (Lipinski definition) is 4. The van der Waals surface area contributed by atoms with Gasteiger partial charge in [0.2, 0.25) is 0 Å². The Morgan fingerprint density at radius 2 is 2.29 bits per heavy atom. The van der Waals surface area contributed by atoms with Gasteiger partial charge in [-0.1, -0.05) is 0 Å². The van der Waals surface area contributed by atoms with Crippen LogP contribution >= 0.6 is 0 Å². The largest absolute Gasteiger partial charge is 0.381 e. The molecule has 0 aromatic carbocycles. The molecule has 14 heavy (non-hydrogen) atoms. The molecular formula is C10H15N3O. The van der Waals surface area contributed by atoms with Gasteiger partial charge in [-0.05, 0) is 13.5 Å². The van der Waals surface area contributed by atoms with Crippen LogP contribution in [0.5, 0.6) is 0 Å². The molecule has 4 nitrogen and oxygen atoms in total. The maximum atomic E-state index is 5.38. The molecule has 76 valence electrons. The fourth-order valence-corrected chi connectivity index (χ4v) is 1.96. The van der Waals surface area contributed by atoms with Crippen LogP contribution in [0.1, 0.15) is 18.0 Å². The lowest BCUT2D eigenvalue weighted by Gasteiger charge is -2.21. The van der Waals surface area contributed by atoms with Gasteiger partial charge in [0.05, 0.1) is 6.61 Å². The molecule has 0 spiro atoms. The summed E-state index contributed by atoms with van der Waals surface area (Å²) in [5.41, 5.74) is 1.14. The number of nitrogens with zero attached hydrogens (tertiary/aromatic N) is 2. The normalized spacial score (nSPS) is 23.6. The van der Waals surface area contributed by atoms with Crippen LogP contribution < -0.4 is 5.32 Å². The Bertz CT molecular complexity index is 272. The van der Waals surface area contributed by atoms with Crippen molar-refractivity contribution in [1.82, 2.24) is 15.3 Å². The summed E-state index contributed by atoms with van der Waals surface area (Å²) >= 11 is 0. The van der Waals surface area contributed by atoms with E-state index in [9.17, 15) is 0 Å². The molecule has 2 rings (SSSR count). The molecular weight excluding hydrogens is 178 g/mol. The Balaban J connectivity index is 2.12. The minimum absolute atomic E-state index is 0.318. The summed E-state index contributed by atoms with van der Waals surface area (Å²) in [7, 11) is 1.97. The molecule has 0 radical (unpaired) electrons. The van der Waals surface area contributed by atoms with E-state index in [1.54, 1.807) is 6.33 Å². The smallest absolute Gasteiger partial charge is 0.115 e. The number of aromatic nitrogens is 2. The monoisotopic (exact) mass is 193 g/mol. The van der Waals surface area contributed by atoms with Crippen molar-refractivity contribution in [2.75, 3.05) is 20.3 Å². The zero-order valence-corrected chi connectivity index (χ0v) is 8.31. The van der Waals surface area contributed by atoms with Crippen molar-refractivity contribution < 1.29 is 4.74 Å². The van der Waals surface area contributed by atoms with Crippen molar-refractivity contribution in [3.63, 3.8) is 0 Å². The Kier molecular flexibility index (Phi) is 3.06. The molecule has 1 aliphatic heterocycles. The van der Waals surface area contributed by atoms with E-state index in [-0.39, 0.29) is 0 Å². The third kappa shape index (κ3) is 1.91. The first-order valence-corrected chi connectivity index (χ1v) is 4.91. The summed E-state index contributed by atoms with van der Waals surface area (Å²) in [4.78, 5) is 8.07. The fraction of sp³-hybridized carbons (Fsp3) is 0.600. The molecule has 0 saturated carbocycles. The van der Waals surface area contributed by atoms with E-state index >= 15 is 0 Å². The van der Waals surface area contributed by atoms with Crippen molar-refractivity contribution in [2.45, 2.75) is 12.5 Å². The molecule has 1 aromatic rings. The molecule has 2 atom stereocenters. The lowest BCUT2D eigenvalue weighted by Crippen LogP contribution is -2.25. The zero-order valence-electron chi connectivity index (χ0n) is 8.31. The first kappa shape index (κ1) is 9.55. The van der Waals surface area contributed by atoms with E-state index < -0.39 is 0 Å². The van der Waals surface area contributed by atoms with Crippen LogP contribution in [-0.2, 0) is 4.74 Å². The molecule has 4 heteroatoms. The van der Waals surface area contributed by atoms with Crippen LogP contribution in [0.15, 0.2) is 18.7 Å². The summed E-state index contributed by atoms with van der Waals surface area (Å²) in [5, 5.41) is 3.30. The molecule has 0 aliphatic carbocycles. The maximum Gasteiger partial charge on any atom is 0.115 e. The third-order valence-electron chi connectivity index (χ3n) is 2.69. The lowest BCUT2D eigenvalue weighted by molar-refractivity contribution is 0.177. The van der Waals surface area contributed by atoms with Crippen LogP contribution in [0.4, 0.5) is 0 Å². The molecule has 0 amide bonds. The van der Waals surface area contributed by atoms with Crippen LogP contribution in [0.2, 0.25) is 0 Å². The third-order valence-corrected chi connectivity index (χ3v) is 2.69. The fourth-order valence-electron chi connectivity index (χ4n) is 1.96. The van der Waals surface area contributed by atoms with Crippen molar-refractivity contribution in [3.05, 3.63) is 24.3 Å². The topological polar surface area (TPSA) is 47.0 Å². The maximum absolute atomic E-state index is 5.38. The minimum atomic E-state index is 0.318. The zero-order chi connectivity index (χ0) is 9.80. The molecule has 1 aromatic heterocycles. The van der Waals surface area contributed by atoms with E-state index in [0.717, 1.165) is 25.2 Å². The van der Waals surface area contributed by atoms with Gasteiger partial charge in [0.15, 0.2) is 0 Å². The van der Waals surface area contributed by atoms with Gasteiger partial charge in [-0.3, -0.25) is 0 Å². The SMILES string of the molecule is CNC(c1cncnc1)C1CCOC1. The predicted octanol–water partition coefficient (Wildman–Crippen LogP) is 0.774. The highest BCUT2D eigenvalue weighted by Gasteiger charge is 2.25. The Morgan fingerprint density at radius 1 is 1.50 bits per heavy atom. The summed E-state index contributed by atoms with van der Waals surface area (Å²) < 4.78 is 5.38. The van der Waals surface area contributed by atoms with E-state index in [2.05, 4.69) is 15.3 Å². The van der Waals surface area contributed by atoms with Gasteiger partial charge in [0, 0.05) is 36.5 Å². The second-order valence-corrected chi connectivity index (χ2v) is 3.56. The van der Waals surface area contributed by atoms with Crippen molar-refractivity contribution in [2.24, 2.45) is 5.92 Å². The Hall–Kier alpha value is -1.00. The minimum Gasteiger partial charge on any atom is -0.381 e. The van der Waals surface area contributed by atoms with Crippen LogP contribution in [0.25, 0.3) is 0 Å². The van der Waals surface area contributed by atoms with E-state index in [1.165, 1.54) is 0 Å². The van der Waals surface area contributed by atoms with Gasteiger partial charge >= 0.3 is 0 Å². The molecule has 1 fully saturated rings. The summed E-state index contributed by atoms with van der Waals surface area (Å²) in [6.45, 7) is 1.71. The average molecular weight is 193 g/mol. The summed E-state index contributed by atoms with van der Waals surface area (Å²) in [5.74, 6) is 0.547. The van der Waals surface area contributed by atoms with E-state index in [0.29, 0.717) is 12.0 Å². The van der Waals surface area contributed by atoms with Gasteiger partial charge in [0.1, 0.15) is 6.33 Å². The number of ether oxygens (including phenoxy) is 1. The molecule has 1 aliphatic rings. The van der Waals surface area contributed by atoms with Gasteiger partial charge in [-0.15, -0.1) is 0 Å². The first-order valence-electron chi connectivity index (χ1n) is 4.91. The average Bonchev–Trinajstić information content (AvgIpc) is 2.74. The van der Waals surface area contributed by atoms with E-state index in [1.807, 2.05) is 19.4 Å². The molecule has 0 bridgehead atoms. The molecule has 2 unspecified atom stereocenters. The van der Waals surface area contributed by atoms with Crippen LogP contribution in [0, 0.1) is 5.92 Å². The second kappa shape index (κ2) is 4.48. The quantitative estimate of drug-likeness (QED) is 0.770. The lowest BCUT2D eigenvalue weighted by atomic mass is 9.94. The van der Waals surface area contributed by atoms with Crippen molar-refractivity contribution in [1.29, 1.82) is 0 Å². The van der Waals surface area contributed by atoms with Gasteiger partial charge < -0.3 is 10.1 Å². The summed E-state index contributed by atoms with van der Waals surface area (Å²) in [6.07, 6.45) is 6.40. The Labute approximate surface area is 83.7 Å². The van der Waals surface area contributed by atoms with Crippen molar-refractivity contribution in [3.8, 4) is 0 Å². The highest BCUT2D eigenvalue weighted by atomic mass is 16.5. The predicted molar refractivity (Wildman–Crippen MR) is 52.8 cm³/mol. The Morgan fingerprint density at radius 3 is 2.86 bits per heavy atom. The summed E-state index contributed by atoms with van der Waals surface area (Å²) in [6, 6.07) is 0.318. The molecule has 1 saturated heterocycles. The standard InChI is InChI=1S/C10H15N3O/c1-11-10(8-2-3-14-6-8)9-4-12-7-13-5-9/h4-5,7-8,10-11H,2-3,6H2,1H3. The molecule has 2 heterocycles. The first-order chi connectivity index (χ1) is 6.92. The van der Waals surface area contributed by atoms with Crippen LogP contribution in [0.3, 0.4) is 0 Å². The van der Waals surface area contributed by atoms with Gasteiger partial charge in [-0.25, -0.2) is 9.97 Å². The highest BCUT2D eigenvalue weighted by molar-refractivity contribution is 5.10. The molecule has 1 N–H and O–H groups in total. The van der Waals surface area contributed by atoms with Gasteiger partial charge in [-0.2, -0.15) is 0 Å². The van der Waals surface area contributed by atoms with Crippen LogP contribution in [-0.4, -0.2) is 30.2 Å². The van der Waals surface area contributed by atoms with Gasteiger partial charge in [0.25, 0.3) is 0 Å². The van der Waals surface area contributed by atoms with Crippen molar-refractivity contribution >= 4 is 0 Å². The number of rotatable bonds is 3. The number of hydrogen-bond donors (Lipinski definition) is 1. The van der Waals surface area contributed by atoms with E-state index in [4.69, 9.17) is 4.74 Å². The number of nitrogens with one attached hydrogen (secondary N) is 1.